The third-order valence-corrected chi connectivity index (χ3v) is 5.21. The molecule has 4 nitrogen and oxygen atoms in total. The maximum Gasteiger partial charge on any atom is 0.235 e. The Hall–Kier alpha value is -1.14. The zero-order valence-corrected chi connectivity index (χ0v) is 13.4. The van der Waals surface area contributed by atoms with Crippen molar-refractivity contribution in [1.29, 1.82) is 0 Å². The Kier molecular flexibility index (Phi) is 4.10. The largest absolute Gasteiger partial charge is 0.348 e. The lowest BCUT2D eigenvalue weighted by molar-refractivity contribution is -0.127. The average Bonchev–Trinajstić information content (AvgIpc) is 2.65. The lowest BCUT2D eigenvalue weighted by atomic mass is 10.2. The summed E-state index contributed by atoms with van der Waals surface area (Å²) in [6.07, 6.45) is 1.58. The molecule has 0 saturated carbocycles. The molecular formula is C13H17N3OS2. The van der Waals surface area contributed by atoms with E-state index in [-0.39, 0.29) is 11.2 Å². The summed E-state index contributed by atoms with van der Waals surface area (Å²) < 4.78 is 0. The van der Waals surface area contributed by atoms with Crippen molar-refractivity contribution in [2.75, 3.05) is 14.1 Å². The van der Waals surface area contributed by atoms with Gasteiger partial charge in [0.2, 0.25) is 5.91 Å². The lowest BCUT2D eigenvalue weighted by Gasteiger charge is -2.16. The Labute approximate surface area is 121 Å². The minimum atomic E-state index is -0.146. The number of rotatable bonds is 3. The number of amides is 1. The van der Waals surface area contributed by atoms with E-state index in [1.54, 1.807) is 36.7 Å². The molecule has 0 aliphatic rings. The Morgan fingerprint density at radius 1 is 1.37 bits per heavy atom. The molecule has 6 heteroatoms. The molecule has 2 aromatic rings. The van der Waals surface area contributed by atoms with Crippen LogP contribution in [-0.2, 0) is 4.79 Å². The van der Waals surface area contributed by atoms with E-state index in [1.165, 1.54) is 22.2 Å². The van der Waals surface area contributed by atoms with Gasteiger partial charge in [-0.15, -0.1) is 11.3 Å². The van der Waals surface area contributed by atoms with E-state index in [1.807, 2.05) is 6.92 Å². The SMILES string of the molecule is Cc1sc2ncnc(S[C@H](C)C(=O)N(C)C)c2c1C. The van der Waals surface area contributed by atoms with Gasteiger partial charge in [-0.2, -0.15) is 0 Å². The summed E-state index contributed by atoms with van der Waals surface area (Å²) in [6, 6.07) is 0. The highest BCUT2D eigenvalue weighted by Crippen LogP contribution is 2.36. The highest BCUT2D eigenvalue weighted by Gasteiger charge is 2.20. The second kappa shape index (κ2) is 5.46. The molecule has 0 aromatic carbocycles. The number of carbonyl (C=O) groups is 1. The molecule has 0 aliphatic heterocycles. The van der Waals surface area contributed by atoms with Crippen molar-refractivity contribution in [1.82, 2.24) is 14.9 Å². The number of hydrogen-bond acceptors (Lipinski definition) is 5. The highest BCUT2D eigenvalue weighted by molar-refractivity contribution is 8.00. The van der Waals surface area contributed by atoms with Crippen LogP contribution < -0.4 is 0 Å². The van der Waals surface area contributed by atoms with Gasteiger partial charge in [-0.25, -0.2) is 9.97 Å². The van der Waals surface area contributed by atoms with Crippen LogP contribution in [0.15, 0.2) is 11.4 Å². The second-order valence-electron chi connectivity index (χ2n) is 4.63. The smallest absolute Gasteiger partial charge is 0.235 e. The first kappa shape index (κ1) is 14.3. The molecule has 0 fully saturated rings. The van der Waals surface area contributed by atoms with Crippen molar-refractivity contribution in [3.63, 3.8) is 0 Å². The molecule has 2 aromatic heterocycles. The van der Waals surface area contributed by atoms with Crippen LogP contribution >= 0.6 is 23.1 Å². The average molecular weight is 295 g/mol. The van der Waals surface area contributed by atoms with Crippen molar-refractivity contribution >= 4 is 39.2 Å². The third-order valence-electron chi connectivity index (χ3n) is 3.01. The summed E-state index contributed by atoms with van der Waals surface area (Å²) in [5.41, 5.74) is 1.22. The molecule has 0 saturated heterocycles. The molecule has 0 unspecified atom stereocenters. The van der Waals surface area contributed by atoms with Crippen molar-refractivity contribution in [3.05, 3.63) is 16.8 Å². The van der Waals surface area contributed by atoms with Gasteiger partial charge in [0, 0.05) is 24.4 Å². The second-order valence-corrected chi connectivity index (χ2v) is 7.17. The maximum atomic E-state index is 11.9. The fraction of sp³-hybridized carbons (Fsp3) is 0.462. The van der Waals surface area contributed by atoms with E-state index in [9.17, 15) is 4.79 Å². The zero-order valence-electron chi connectivity index (χ0n) is 11.7. The minimum Gasteiger partial charge on any atom is -0.348 e. The van der Waals surface area contributed by atoms with Crippen LogP contribution in [0.5, 0.6) is 0 Å². The number of aryl methyl sites for hydroxylation is 2. The van der Waals surface area contributed by atoms with E-state index < -0.39 is 0 Å². The molecular weight excluding hydrogens is 278 g/mol. The van der Waals surface area contributed by atoms with Gasteiger partial charge in [-0.05, 0) is 26.3 Å². The van der Waals surface area contributed by atoms with Gasteiger partial charge in [0.05, 0.1) is 5.25 Å². The van der Waals surface area contributed by atoms with E-state index in [0.717, 1.165) is 15.2 Å². The highest BCUT2D eigenvalue weighted by atomic mass is 32.2. The minimum absolute atomic E-state index is 0.0985. The van der Waals surface area contributed by atoms with Crippen LogP contribution in [0.4, 0.5) is 0 Å². The Bertz CT molecular complexity index is 622. The van der Waals surface area contributed by atoms with E-state index in [0.29, 0.717) is 0 Å². The molecule has 0 bridgehead atoms. The number of carbonyl (C=O) groups excluding carboxylic acids is 1. The predicted octanol–water partition coefficient (Wildman–Crippen LogP) is 2.88. The Morgan fingerprint density at radius 3 is 2.68 bits per heavy atom. The first-order chi connectivity index (χ1) is 8.91. The Balaban J connectivity index is 2.38. The molecule has 0 aliphatic carbocycles. The first-order valence-corrected chi connectivity index (χ1v) is 7.70. The van der Waals surface area contributed by atoms with Crippen LogP contribution in [0.3, 0.4) is 0 Å². The standard InChI is InChI=1S/C13H17N3OS2/c1-7-8(2)18-11-10(7)12(15-6-14-11)19-9(3)13(17)16(4)5/h6,9H,1-5H3/t9-/m1/s1. The van der Waals surface area contributed by atoms with Gasteiger partial charge in [0.25, 0.3) is 0 Å². The molecule has 19 heavy (non-hydrogen) atoms. The molecule has 2 rings (SSSR count). The maximum absolute atomic E-state index is 11.9. The number of thioether (sulfide) groups is 1. The third kappa shape index (κ3) is 2.74. The van der Waals surface area contributed by atoms with Crippen molar-refractivity contribution < 1.29 is 4.79 Å². The summed E-state index contributed by atoms with van der Waals surface area (Å²) in [5.74, 6) is 0.0985. The van der Waals surface area contributed by atoms with Crippen LogP contribution in [0.1, 0.15) is 17.4 Å². The summed E-state index contributed by atoms with van der Waals surface area (Å²) in [7, 11) is 3.55. The summed E-state index contributed by atoms with van der Waals surface area (Å²) in [4.78, 5) is 24.5. The summed E-state index contributed by atoms with van der Waals surface area (Å²) in [6.45, 7) is 6.08. The van der Waals surface area contributed by atoms with Crippen molar-refractivity contribution in [2.24, 2.45) is 0 Å². The fourth-order valence-electron chi connectivity index (χ4n) is 1.82. The first-order valence-electron chi connectivity index (χ1n) is 6.00. The van der Waals surface area contributed by atoms with Gasteiger partial charge in [0.1, 0.15) is 16.2 Å². The van der Waals surface area contributed by atoms with Crippen molar-refractivity contribution in [3.8, 4) is 0 Å². The number of aromatic nitrogens is 2. The molecule has 0 spiro atoms. The summed E-state index contributed by atoms with van der Waals surface area (Å²) in [5, 5.41) is 1.84. The molecule has 102 valence electrons. The lowest BCUT2D eigenvalue weighted by Crippen LogP contribution is -2.29. The fourth-order valence-corrected chi connectivity index (χ4v) is 4.00. The Morgan fingerprint density at radius 2 is 2.05 bits per heavy atom. The van der Waals surface area contributed by atoms with Gasteiger partial charge in [0.15, 0.2) is 0 Å². The number of fused-ring (bicyclic) bond motifs is 1. The zero-order chi connectivity index (χ0) is 14.2. The molecule has 2 heterocycles. The van der Waals surface area contributed by atoms with Gasteiger partial charge in [-0.3, -0.25) is 4.79 Å². The van der Waals surface area contributed by atoms with Crippen LogP contribution in [0.2, 0.25) is 0 Å². The normalized spacial score (nSPS) is 12.7. The summed E-state index contributed by atoms with van der Waals surface area (Å²) >= 11 is 3.18. The van der Waals surface area contributed by atoms with Gasteiger partial charge in [-0.1, -0.05) is 11.8 Å². The van der Waals surface area contributed by atoms with E-state index >= 15 is 0 Å². The molecule has 0 N–H and O–H groups in total. The molecule has 1 atom stereocenters. The quantitative estimate of drug-likeness (QED) is 0.645. The molecule has 1 amide bonds. The number of thiophene rings is 1. The van der Waals surface area contributed by atoms with Crippen LogP contribution in [0, 0.1) is 13.8 Å². The number of nitrogens with zero attached hydrogens (tertiary/aromatic N) is 3. The van der Waals surface area contributed by atoms with Crippen molar-refractivity contribution in [2.45, 2.75) is 31.0 Å². The number of hydrogen-bond donors (Lipinski definition) is 0. The van der Waals surface area contributed by atoms with Gasteiger partial charge < -0.3 is 4.90 Å². The van der Waals surface area contributed by atoms with Crippen LogP contribution in [-0.4, -0.2) is 40.1 Å². The molecule has 0 radical (unpaired) electrons. The van der Waals surface area contributed by atoms with Gasteiger partial charge >= 0.3 is 0 Å². The van der Waals surface area contributed by atoms with E-state index in [4.69, 9.17) is 0 Å². The topological polar surface area (TPSA) is 46.1 Å². The van der Waals surface area contributed by atoms with Crippen LogP contribution in [0.25, 0.3) is 10.2 Å². The van der Waals surface area contributed by atoms with E-state index in [2.05, 4.69) is 23.8 Å². The predicted molar refractivity (Wildman–Crippen MR) is 80.9 cm³/mol. The monoisotopic (exact) mass is 295 g/mol.